The first-order valence-electron chi connectivity index (χ1n) is 16.3. The number of rotatable bonds is 3. The molecule has 4 amide bonds. The van der Waals surface area contributed by atoms with Crippen molar-refractivity contribution in [1.82, 2.24) is 19.6 Å². The van der Waals surface area contributed by atoms with Gasteiger partial charge in [0.2, 0.25) is 14.6 Å². The zero-order chi connectivity index (χ0) is 35.8. The first kappa shape index (κ1) is 33.5. The van der Waals surface area contributed by atoms with Crippen molar-refractivity contribution in [1.29, 1.82) is 0 Å². The Morgan fingerprint density at radius 1 is 0.686 bits per heavy atom. The van der Waals surface area contributed by atoms with E-state index in [1.165, 1.54) is 57.1 Å². The molecule has 5 N–H and O–H groups in total. The molecule has 8 saturated heterocycles. The van der Waals surface area contributed by atoms with Gasteiger partial charge in [0, 0.05) is 25.5 Å². The van der Waals surface area contributed by atoms with Crippen molar-refractivity contribution in [2.45, 2.75) is 68.7 Å². The van der Waals surface area contributed by atoms with Gasteiger partial charge in [-0.1, -0.05) is 50.2 Å². The van der Waals surface area contributed by atoms with Gasteiger partial charge in [-0.25, -0.2) is 0 Å². The third-order valence-electron chi connectivity index (χ3n) is 12.7. The summed E-state index contributed by atoms with van der Waals surface area (Å²) in [6.45, 7) is 3.14. The van der Waals surface area contributed by atoms with Crippen LogP contribution < -0.4 is 10.6 Å². The van der Waals surface area contributed by atoms with Crippen molar-refractivity contribution in [3.63, 3.8) is 0 Å². The molecule has 10 heterocycles. The van der Waals surface area contributed by atoms with Gasteiger partial charge in [-0.2, -0.15) is 0 Å². The fourth-order valence-corrected chi connectivity index (χ4v) is 22.3. The zero-order valence-corrected chi connectivity index (χ0v) is 32.3. The van der Waals surface area contributed by atoms with E-state index in [2.05, 4.69) is 10.6 Å². The molecular weight excluding hydrogens is 773 g/mol. The monoisotopic (exact) mass is 804 g/mol. The Kier molecular flexibility index (Phi) is 6.66. The molecule has 51 heavy (non-hydrogen) atoms. The van der Waals surface area contributed by atoms with Crippen molar-refractivity contribution in [3.8, 4) is 0 Å². The minimum absolute atomic E-state index is 0.330. The van der Waals surface area contributed by atoms with Crippen LogP contribution in [0.1, 0.15) is 25.0 Å². The number of nitrogens with zero attached hydrogens (tertiary/aromatic N) is 4. The van der Waals surface area contributed by atoms with E-state index in [0.717, 1.165) is 32.4 Å². The predicted molar refractivity (Wildman–Crippen MR) is 201 cm³/mol. The van der Waals surface area contributed by atoms with Gasteiger partial charge in [0.25, 0.3) is 23.6 Å². The Balaban J connectivity index is 1.34. The molecule has 2 unspecified atom stereocenters. The molecule has 12 rings (SSSR count). The Bertz CT molecular complexity index is 2020. The molecule has 10 aliphatic heterocycles. The number of carbonyl (C=O) groups is 4. The quantitative estimate of drug-likeness (QED) is 0.287. The maximum Gasteiger partial charge on any atom is 0.265 e. The minimum Gasteiger partial charge on any atom is -0.392 e. The number of amides is 4. The zero-order valence-electron chi connectivity index (χ0n) is 27.4. The smallest absolute Gasteiger partial charge is 0.265 e. The van der Waals surface area contributed by atoms with E-state index < -0.39 is 79.2 Å². The molecule has 0 aliphatic carbocycles. The number of para-hydroxylation sites is 2. The second-order valence-corrected chi connectivity index (χ2v) is 23.2. The van der Waals surface area contributed by atoms with Gasteiger partial charge in [-0.15, -0.1) is 0 Å². The summed E-state index contributed by atoms with van der Waals surface area (Å²) in [6.07, 6.45) is -5.63. The number of aliphatic hydroxyl groups is 3. The second kappa shape index (κ2) is 10.1. The lowest BCUT2D eigenvalue weighted by Crippen LogP contribution is -2.79. The number of aliphatic hydroxyl groups excluding tert-OH is 3. The third-order valence-corrected chi connectivity index (χ3v) is 23.9. The molecule has 0 saturated carbocycles. The van der Waals surface area contributed by atoms with Crippen LogP contribution in [0, 0.1) is 5.92 Å². The number of hydrogen-bond acceptors (Lipinski definition) is 15. The summed E-state index contributed by atoms with van der Waals surface area (Å²) in [5.74, 6) is -2.26. The van der Waals surface area contributed by atoms with Gasteiger partial charge in [0.1, 0.15) is 24.5 Å². The van der Waals surface area contributed by atoms with Gasteiger partial charge in [0.15, 0.2) is 4.87 Å². The van der Waals surface area contributed by atoms with Crippen molar-refractivity contribution in [2.75, 3.05) is 31.3 Å². The lowest BCUT2D eigenvalue weighted by Gasteiger charge is -2.58. The van der Waals surface area contributed by atoms with E-state index in [4.69, 9.17) is 0 Å². The van der Waals surface area contributed by atoms with Crippen LogP contribution in [0.4, 0.5) is 11.4 Å². The molecule has 2 aromatic carbocycles. The summed E-state index contributed by atoms with van der Waals surface area (Å²) in [4.78, 5) is 59.2. The molecule has 19 heteroatoms. The fourth-order valence-electron chi connectivity index (χ4n) is 10.5. The van der Waals surface area contributed by atoms with E-state index in [1.807, 2.05) is 56.3 Å². The standard InChI is InChI=1S/C32H32N6O7S6/c1-14(2)30-26(45)38-22-29(16-10-6-8-12-18(16)34-22,20(41)32(38,25(44)36(30)4)49-51-50-48-30)28-15-9-5-7-11-17(15)33-21(28)37-23(42)27(13-39)35(3)24(43)31(37,19(28)40)47-46-27/h5-12,14,19-22,33-34,39-41H,13H2,1-4H3/t19-,20-,21-,22+,27+,28?,29?,30+,31-,32-/m0/s1. The number of hydrogen-bond donors (Lipinski definition) is 5. The Labute approximate surface area is 315 Å². The number of likely N-dealkylation sites (N-methyl/N-ethyl adjacent to an activating group) is 2. The molecule has 8 fully saturated rings. The van der Waals surface area contributed by atoms with E-state index >= 15 is 9.59 Å². The molecule has 10 aliphatic rings. The highest BCUT2D eigenvalue weighted by Crippen LogP contribution is 2.78. The summed E-state index contributed by atoms with van der Waals surface area (Å²) < 4.78 is 0. The molecule has 13 nitrogen and oxygen atoms in total. The first-order chi connectivity index (χ1) is 24.3. The van der Waals surface area contributed by atoms with Gasteiger partial charge < -0.3 is 35.8 Å². The summed E-state index contributed by atoms with van der Waals surface area (Å²) in [6, 6.07) is 14.6. The van der Waals surface area contributed by atoms with Gasteiger partial charge >= 0.3 is 0 Å². The molecule has 0 radical (unpaired) electrons. The molecule has 268 valence electrons. The number of piperazine rings is 2. The van der Waals surface area contributed by atoms with Crippen molar-refractivity contribution in [3.05, 3.63) is 59.7 Å². The van der Waals surface area contributed by atoms with E-state index in [-0.39, 0.29) is 11.8 Å². The van der Waals surface area contributed by atoms with Crippen LogP contribution >= 0.6 is 62.8 Å². The van der Waals surface area contributed by atoms with Crippen LogP contribution in [0.5, 0.6) is 0 Å². The van der Waals surface area contributed by atoms with E-state index in [1.54, 1.807) is 13.1 Å². The average Bonchev–Trinajstić information content (AvgIpc) is 3.77. The Morgan fingerprint density at radius 2 is 1.18 bits per heavy atom. The van der Waals surface area contributed by atoms with Crippen LogP contribution in [-0.4, -0.2) is 123 Å². The summed E-state index contributed by atoms with van der Waals surface area (Å²) in [5, 5.41) is 44.9. The van der Waals surface area contributed by atoms with Crippen molar-refractivity contribution >= 4 is 97.8 Å². The highest BCUT2D eigenvalue weighted by atomic mass is 33.7. The minimum atomic E-state index is -1.89. The van der Waals surface area contributed by atoms with E-state index in [9.17, 15) is 24.9 Å². The third kappa shape index (κ3) is 3.05. The van der Waals surface area contributed by atoms with Gasteiger partial charge in [-0.05, 0) is 92.0 Å². The van der Waals surface area contributed by atoms with Crippen LogP contribution in [0.2, 0.25) is 0 Å². The number of anilines is 2. The molecule has 2 spiro atoms. The highest BCUT2D eigenvalue weighted by molar-refractivity contribution is 9.26. The summed E-state index contributed by atoms with van der Waals surface area (Å²) in [7, 11) is 10.3. The summed E-state index contributed by atoms with van der Waals surface area (Å²) in [5.41, 5.74) is -1.21. The first-order valence-corrected chi connectivity index (χ1v) is 23.3. The summed E-state index contributed by atoms with van der Waals surface area (Å²) >= 11 is 0. The van der Waals surface area contributed by atoms with Crippen molar-refractivity contribution < 1.29 is 34.5 Å². The molecule has 10 atom stereocenters. The van der Waals surface area contributed by atoms with Crippen LogP contribution in [0.25, 0.3) is 0 Å². The normalized spacial score (nSPS) is 44.2. The Hall–Kier alpha value is -2.10. The van der Waals surface area contributed by atoms with Crippen LogP contribution in [-0.2, 0) is 30.0 Å². The molecular formula is C32H32N6O7S6. The fraction of sp³-hybridized carbons (Fsp3) is 0.500. The maximum atomic E-state index is 15.5. The molecule has 0 aromatic heterocycles. The number of fused-ring (bicyclic) bond motifs is 13. The number of nitrogens with one attached hydrogen (secondary N) is 2. The van der Waals surface area contributed by atoms with Gasteiger partial charge in [-0.3, -0.25) is 29.0 Å². The van der Waals surface area contributed by atoms with Gasteiger partial charge in [0.05, 0.1) is 17.4 Å². The largest absolute Gasteiger partial charge is 0.392 e. The topological polar surface area (TPSA) is 166 Å². The maximum absolute atomic E-state index is 15.5. The predicted octanol–water partition coefficient (Wildman–Crippen LogP) is 2.24. The lowest BCUT2D eigenvalue weighted by atomic mass is 9.52. The lowest BCUT2D eigenvalue weighted by molar-refractivity contribution is -0.169. The van der Waals surface area contributed by atoms with Crippen LogP contribution in [0.3, 0.4) is 0 Å². The van der Waals surface area contributed by atoms with E-state index in [0.29, 0.717) is 22.5 Å². The molecule has 4 bridgehead atoms. The highest BCUT2D eigenvalue weighted by Gasteiger charge is 2.92. The SMILES string of the molecule is CC(C)[C@]12SSSS[C@]3(C(=O)N1C)[C@@H](O)C1(C45c6ccccc6N[C@H]4N4C(=O)[C@@]6(CO)SS[C@]4(C(=O)N6C)[C@H]5O)c4ccccc4N[C@@H]1N3C2=O. The average molecular weight is 805 g/mol. The molecule has 2 aromatic rings. The number of carbonyl (C=O) groups excluding carboxylic acids is 4. The van der Waals surface area contributed by atoms with Crippen LogP contribution in [0.15, 0.2) is 48.5 Å². The second-order valence-electron chi connectivity index (χ2n) is 14.5. The van der Waals surface area contributed by atoms with Crippen molar-refractivity contribution in [2.24, 2.45) is 5.92 Å². The number of benzene rings is 2. The Morgan fingerprint density at radius 3 is 1.73 bits per heavy atom.